The van der Waals surface area contributed by atoms with Crippen molar-refractivity contribution >= 4 is 17.7 Å². The Hall–Kier alpha value is -1.68. The minimum absolute atomic E-state index is 0.0187. The fourth-order valence-electron chi connectivity index (χ4n) is 2.46. The molecule has 2 heterocycles. The molecule has 2 aromatic rings. The number of carbonyl (C=O) groups excluding carboxylic acids is 1. The van der Waals surface area contributed by atoms with Gasteiger partial charge in [-0.25, -0.2) is 0 Å². The highest BCUT2D eigenvalue weighted by atomic mass is 32.2. The SMILES string of the molecule is CC(c1ccco1)N(C)C(=O)C1Cc2ccccc2S1. The molecular formula is C16H17NO2S. The number of amides is 1. The van der Waals surface area contributed by atoms with Crippen LogP contribution in [0.4, 0.5) is 0 Å². The Morgan fingerprint density at radius 3 is 2.85 bits per heavy atom. The number of fused-ring (bicyclic) bond motifs is 1. The van der Waals surface area contributed by atoms with Crippen LogP contribution in [-0.2, 0) is 11.2 Å². The fourth-order valence-corrected chi connectivity index (χ4v) is 3.75. The summed E-state index contributed by atoms with van der Waals surface area (Å²) in [4.78, 5) is 15.6. The van der Waals surface area contributed by atoms with Gasteiger partial charge in [-0.05, 0) is 37.1 Å². The maximum atomic E-state index is 12.6. The predicted octanol–water partition coefficient (Wildman–Crippen LogP) is 3.52. The standard InChI is InChI=1S/C16H17NO2S/c1-11(13-7-5-9-19-13)17(2)16(18)15-10-12-6-3-4-8-14(12)20-15/h3-9,11,15H,10H2,1-2H3. The molecule has 1 aromatic heterocycles. The van der Waals surface area contributed by atoms with Crippen molar-refractivity contribution in [3.8, 4) is 0 Å². The molecule has 0 aliphatic carbocycles. The predicted molar refractivity (Wildman–Crippen MR) is 79.7 cm³/mol. The highest BCUT2D eigenvalue weighted by molar-refractivity contribution is 8.01. The zero-order valence-electron chi connectivity index (χ0n) is 11.6. The molecule has 0 radical (unpaired) electrons. The fraction of sp³-hybridized carbons (Fsp3) is 0.312. The van der Waals surface area contributed by atoms with Crippen molar-refractivity contribution < 1.29 is 9.21 Å². The number of hydrogen-bond donors (Lipinski definition) is 0. The maximum absolute atomic E-state index is 12.6. The van der Waals surface area contributed by atoms with Gasteiger partial charge in [0.1, 0.15) is 5.76 Å². The van der Waals surface area contributed by atoms with E-state index in [1.54, 1.807) is 22.9 Å². The minimum atomic E-state index is -0.0400. The van der Waals surface area contributed by atoms with Crippen molar-refractivity contribution in [1.82, 2.24) is 4.90 Å². The second-order valence-corrected chi connectivity index (χ2v) is 6.30. The number of furan rings is 1. The Balaban J connectivity index is 1.71. The van der Waals surface area contributed by atoms with Gasteiger partial charge in [0.15, 0.2) is 0 Å². The average Bonchev–Trinajstić information content (AvgIpc) is 3.13. The van der Waals surface area contributed by atoms with E-state index in [4.69, 9.17) is 4.42 Å². The maximum Gasteiger partial charge on any atom is 0.236 e. The Bertz CT molecular complexity index is 580. The Kier molecular flexibility index (Phi) is 3.57. The van der Waals surface area contributed by atoms with Crippen molar-refractivity contribution in [2.75, 3.05) is 7.05 Å². The van der Waals surface area contributed by atoms with Gasteiger partial charge in [-0.3, -0.25) is 4.79 Å². The van der Waals surface area contributed by atoms with Crippen LogP contribution >= 0.6 is 11.8 Å². The van der Waals surface area contributed by atoms with Crippen LogP contribution in [0, 0.1) is 0 Å². The lowest BCUT2D eigenvalue weighted by Gasteiger charge is -2.25. The zero-order chi connectivity index (χ0) is 14.1. The van der Waals surface area contributed by atoms with Gasteiger partial charge in [-0.15, -0.1) is 11.8 Å². The monoisotopic (exact) mass is 287 g/mol. The van der Waals surface area contributed by atoms with E-state index in [-0.39, 0.29) is 17.2 Å². The van der Waals surface area contributed by atoms with E-state index in [0.717, 1.165) is 12.2 Å². The largest absolute Gasteiger partial charge is 0.467 e. The van der Waals surface area contributed by atoms with E-state index < -0.39 is 0 Å². The summed E-state index contributed by atoms with van der Waals surface area (Å²) in [5, 5.41) is -0.0187. The van der Waals surface area contributed by atoms with E-state index in [1.807, 2.05) is 38.2 Å². The molecule has 3 nitrogen and oxygen atoms in total. The van der Waals surface area contributed by atoms with Crippen molar-refractivity contribution in [3.63, 3.8) is 0 Å². The highest BCUT2D eigenvalue weighted by Crippen LogP contribution is 2.38. The molecule has 2 unspecified atom stereocenters. The van der Waals surface area contributed by atoms with Crippen LogP contribution < -0.4 is 0 Å². The summed E-state index contributed by atoms with van der Waals surface area (Å²) in [6.07, 6.45) is 2.46. The van der Waals surface area contributed by atoms with E-state index in [2.05, 4.69) is 12.1 Å². The molecule has 1 aromatic carbocycles. The van der Waals surface area contributed by atoms with Crippen LogP contribution in [0.2, 0.25) is 0 Å². The number of rotatable bonds is 3. The summed E-state index contributed by atoms with van der Waals surface area (Å²) in [5.41, 5.74) is 1.27. The Morgan fingerprint density at radius 2 is 2.15 bits per heavy atom. The molecular weight excluding hydrogens is 270 g/mol. The molecule has 4 heteroatoms. The first-order chi connectivity index (χ1) is 9.66. The van der Waals surface area contributed by atoms with Crippen LogP contribution in [0.15, 0.2) is 52.0 Å². The molecule has 1 amide bonds. The third kappa shape index (κ3) is 2.36. The second kappa shape index (κ2) is 5.37. The summed E-state index contributed by atoms with van der Waals surface area (Å²) in [7, 11) is 1.85. The van der Waals surface area contributed by atoms with Crippen LogP contribution in [0.25, 0.3) is 0 Å². The van der Waals surface area contributed by atoms with Crippen molar-refractivity contribution in [1.29, 1.82) is 0 Å². The first-order valence-corrected chi connectivity index (χ1v) is 7.59. The lowest BCUT2D eigenvalue weighted by Crippen LogP contribution is -2.36. The summed E-state index contributed by atoms with van der Waals surface area (Å²) in [6, 6.07) is 12.0. The van der Waals surface area contributed by atoms with Crippen LogP contribution in [0.1, 0.15) is 24.3 Å². The molecule has 0 N–H and O–H groups in total. The molecule has 0 saturated heterocycles. The van der Waals surface area contributed by atoms with E-state index in [1.165, 1.54) is 10.5 Å². The van der Waals surface area contributed by atoms with Crippen LogP contribution in [-0.4, -0.2) is 23.1 Å². The molecule has 104 valence electrons. The van der Waals surface area contributed by atoms with Gasteiger partial charge in [0, 0.05) is 11.9 Å². The van der Waals surface area contributed by atoms with Gasteiger partial charge in [-0.1, -0.05) is 18.2 Å². The van der Waals surface area contributed by atoms with Crippen molar-refractivity contribution in [2.24, 2.45) is 0 Å². The van der Waals surface area contributed by atoms with Crippen molar-refractivity contribution in [2.45, 2.75) is 29.5 Å². The molecule has 1 aliphatic heterocycles. The van der Waals surface area contributed by atoms with E-state index in [0.29, 0.717) is 0 Å². The summed E-state index contributed by atoms with van der Waals surface area (Å²) < 4.78 is 5.39. The number of nitrogens with zero attached hydrogens (tertiary/aromatic N) is 1. The molecule has 1 aliphatic rings. The van der Waals surface area contributed by atoms with Gasteiger partial charge < -0.3 is 9.32 Å². The number of hydrogen-bond acceptors (Lipinski definition) is 3. The summed E-state index contributed by atoms with van der Waals surface area (Å²) in [6.45, 7) is 1.99. The normalized spacial score (nSPS) is 18.6. The highest BCUT2D eigenvalue weighted by Gasteiger charge is 2.32. The number of benzene rings is 1. The quantitative estimate of drug-likeness (QED) is 0.866. The van der Waals surface area contributed by atoms with Gasteiger partial charge in [0.25, 0.3) is 0 Å². The van der Waals surface area contributed by atoms with E-state index in [9.17, 15) is 4.79 Å². The van der Waals surface area contributed by atoms with Gasteiger partial charge in [-0.2, -0.15) is 0 Å². The van der Waals surface area contributed by atoms with Gasteiger partial charge in [0.2, 0.25) is 5.91 Å². The smallest absolute Gasteiger partial charge is 0.236 e. The minimum Gasteiger partial charge on any atom is -0.467 e. The topological polar surface area (TPSA) is 33.5 Å². The third-order valence-corrected chi connectivity index (χ3v) is 5.11. The third-order valence-electron chi connectivity index (χ3n) is 3.81. The van der Waals surface area contributed by atoms with Crippen LogP contribution in [0.3, 0.4) is 0 Å². The summed E-state index contributed by atoms with van der Waals surface area (Å²) in [5.74, 6) is 0.983. The lowest BCUT2D eigenvalue weighted by atomic mass is 10.1. The number of carbonyl (C=O) groups is 1. The second-order valence-electron chi connectivity index (χ2n) is 5.06. The molecule has 3 rings (SSSR count). The van der Waals surface area contributed by atoms with Gasteiger partial charge >= 0.3 is 0 Å². The molecule has 20 heavy (non-hydrogen) atoms. The number of thioether (sulfide) groups is 1. The molecule has 0 saturated carbocycles. The average molecular weight is 287 g/mol. The zero-order valence-corrected chi connectivity index (χ0v) is 12.4. The molecule has 0 spiro atoms. The Morgan fingerprint density at radius 1 is 1.35 bits per heavy atom. The summed E-state index contributed by atoms with van der Waals surface area (Å²) >= 11 is 1.67. The Labute approximate surface area is 123 Å². The van der Waals surface area contributed by atoms with Crippen LogP contribution in [0.5, 0.6) is 0 Å². The first kappa shape index (κ1) is 13.3. The molecule has 2 atom stereocenters. The molecule has 0 fully saturated rings. The lowest BCUT2D eigenvalue weighted by molar-refractivity contribution is -0.131. The van der Waals surface area contributed by atoms with Gasteiger partial charge in [0.05, 0.1) is 17.6 Å². The van der Waals surface area contributed by atoms with Crippen molar-refractivity contribution in [3.05, 3.63) is 54.0 Å². The van der Waals surface area contributed by atoms with E-state index >= 15 is 0 Å². The molecule has 0 bridgehead atoms. The first-order valence-electron chi connectivity index (χ1n) is 6.71.